The van der Waals surface area contributed by atoms with E-state index in [1.165, 1.54) is 6.92 Å². The molecule has 13 nitrogen and oxygen atoms in total. The van der Waals surface area contributed by atoms with Crippen LogP contribution in [0, 0.1) is 17.8 Å². The Morgan fingerprint density at radius 2 is 1.71 bits per heavy atom. The van der Waals surface area contributed by atoms with Gasteiger partial charge < -0.3 is 39.4 Å². The predicted molar refractivity (Wildman–Crippen MR) is 169 cm³/mol. The number of aliphatic hydroxyl groups is 1. The first-order valence-electron chi connectivity index (χ1n) is 16.0. The Bertz CT molecular complexity index is 1410. The summed E-state index contributed by atoms with van der Waals surface area (Å²) < 4.78 is 22.5. The topological polar surface area (TPSA) is 203 Å². The van der Waals surface area contributed by atoms with E-state index in [9.17, 15) is 44.4 Å². The smallest absolute Gasteiger partial charge is 0.343 e. The van der Waals surface area contributed by atoms with Crippen molar-refractivity contribution in [2.45, 2.75) is 108 Å². The third kappa shape index (κ3) is 7.96. The minimum atomic E-state index is -3.72. The van der Waals surface area contributed by atoms with Crippen LogP contribution in [0.15, 0.2) is 54.6 Å². The van der Waals surface area contributed by atoms with Crippen LogP contribution in [-0.2, 0) is 49.3 Å². The van der Waals surface area contributed by atoms with Gasteiger partial charge in [0.1, 0.15) is 6.10 Å². The second-order valence-electron chi connectivity index (χ2n) is 13.0. The fourth-order valence-corrected chi connectivity index (χ4v) is 6.57. The molecule has 9 unspecified atom stereocenters. The first-order valence-corrected chi connectivity index (χ1v) is 16.0. The zero-order valence-corrected chi connectivity index (χ0v) is 27.9. The van der Waals surface area contributed by atoms with Crippen LogP contribution >= 0.6 is 0 Å². The highest BCUT2D eigenvalue weighted by Crippen LogP contribution is 2.55. The number of carbonyl (C=O) groups excluding carboxylic acids is 2. The Balaban J connectivity index is 1.96. The van der Waals surface area contributed by atoms with Crippen molar-refractivity contribution in [3.8, 4) is 0 Å². The van der Waals surface area contributed by atoms with Gasteiger partial charge in [-0.1, -0.05) is 77.1 Å². The van der Waals surface area contributed by atoms with Crippen molar-refractivity contribution in [2.75, 3.05) is 0 Å². The lowest BCUT2D eigenvalue weighted by atomic mass is 9.75. The van der Waals surface area contributed by atoms with Crippen LogP contribution in [0.1, 0.15) is 72.3 Å². The lowest BCUT2D eigenvalue weighted by molar-refractivity contribution is -0.365. The van der Waals surface area contributed by atoms with Crippen LogP contribution in [0.5, 0.6) is 0 Å². The van der Waals surface area contributed by atoms with Gasteiger partial charge in [-0.25, -0.2) is 19.2 Å². The van der Waals surface area contributed by atoms with Crippen LogP contribution in [0.2, 0.25) is 0 Å². The first-order chi connectivity index (χ1) is 22.4. The highest BCUT2D eigenvalue weighted by Gasteiger charge is 2.83. The molecule has 1 aromatic carbocycles. The Labute approximate surface area is 279 Å². The van der Waals surface area contributed by atoms with Gasteiger partial charge in [0.2, 0.25) is 17.3 Å². The van der Waals surface area contributed by atoms with Gasteiger partial charge in [-0.15, -0.1) is 0 Å². The molecule has 9 atom stereocenters. The number of ether oxygens (including phenoxy) is 4. The first kappa shape index (κ1) is 38.4. The number of aliphatic carboxylic acids is 3. The van der Waals surface area contributed by atoms with Crippen LogP contribution < -0.4 is 0 Å². The number of carboxylic acids is 3. The van der Waals surface area contributed by atoms with Crippen LogP contribution in [0.25, 0.3) is 0 Å². The summed E-state index contributed by atoms with van der Waals surface area (Å²) >= 11 is 0. The maximum atomic E-state index is 13.0. The lowest BCUT2D eigenvalue weighted by Crippen LogP contribution is -2.78. The number of carbonyl (C=O) groups is 5. The van der Waals surface area contributed by atoms with E-state index in [1.54, 1.807) is 6.08 Å². The average Bonchev–Trinajstić information content (AvgIpc) is 3.31. The molecule has 2 heterocycles. The van der Waals surface area contributed by atoms with Gasteiger partial charge in [-0.3, -0.25) is 4.79 Å². The molecule has 3 rings (SSSR count). The summed E-state index contributed by atoms with van der Waals surface area (Å²) in [6.07, 6.45) is -1.64. The van der Waals surface area contributed by atoms with Gasteiger partial charge in [-0.2, -0.15) is 0 Å². The molecule has 48 heavy (non-hydrogen) atoms. The Kier molecular flexibility index (Phi) is 12.3. The molecule has 1 aromatic rings. The molecule has 0 aliphatic carbocycles. The van der Waals surface area contributed by atoms with Gasteiger partial charge in [-0.05, 0) is 42.2 Å². The van der Waals surface area contributed by atoms with Gasteiger partial charge in [0.05, 0.1) is 0 Å². The molecule has 13 heteroatoms. The monoisotopic (exact) mass is 674 g/mol. The molecule has 0 aromatic heterocycles. The van der Waals surface area contributed by atoms with Crippen LogP contribution in [0.4, 0.5) is 0 Å². The molecular formula is C35H46O13. The van der Waals surface area contributed by atoms with Gasteiger partial charge in [0, 0.05) is 31.8 Å². The van der Waals surface area contributed by atoms with Crippen molar-refractivity contribution in [2.24, 2.45) is 17.8 Å². The molecule has 0 amide bonds. The zero-order valence-electron chi connectivity index (χ0n) is 27.9. The minimum Gasteiger partial charge on any atom is -0.479 e. The summed E-state index contributed by atoms with van der Waals surface area (Å²) in [6, 6.07) is 9.43. The number of fused-ring (bicyclic) bond motifs is 2. The highest BCUT2D eigenvalue weighted by molar-refractivity contribution is 5.98. The predicted octanol–water partition coefficient (Wildman–Crippen LogP) is 3.91. The third-order valence-corrected chi connectivity index (χ3v) is 9.17. The third-order valence-electron chi connectivity index (χ3n) is 9.17. The number of rotatable bonds is 17. The van der Waals surface area contributed by atoms with E-state index in [-0.39, 0.29) is 24.7 Å². The quantitative estimate of drug-likeness (QED) is 0.105. The van der Waals surface area contributed by atoms with Crippen molar-refractivity contribution >= 4 is 29.8 Å². The van der Waals surface area contributed by atoms with E-state index in [4.69, 9.17) is 18.9 Å². The molecule has 264 valence electrons. The number of carboxylic acid groups (broad SMARTS) is 3. The summed E-state index contributed by atoms with van der Waals surface area (Å²) in [5.74, 6) is -10.0. The Hall–Kier alpha value is -4.07. The van der Waals surface area contributed by atoms with Crippen molar-refractivity contribution in [1.82, 2.24) is 0 Å². The van der Waals surface area contributed by atoms with E-state index < -0.39 is 71.6 Å². The molecule has 4 N–H and O–H groups in total. The summed E-state index contributed by atoms with van der Waals surface area (Å²) in [7, 11) is 0. The highest BCUT2D eigenvalue weighted by atomic mass is 16.8. The normalized spacial score (nSPS) is 29.0. The van der Waals surface area contributed by atoms with E-state index >= 15 is 0 Å². The van der Waals surface area contributed by atoms with Crippen molar-refractivity contribution in [1.29, 1.82) is 0 Å². The van der Waals surface area contributed by atoms with Crippen LogP contribution in [0.3, 0.4) is 0 Å². The molecule has 2 saturated heterocycles. The van der Waals surface area contributed by atoms with E-state index in [0.29, 0.717) is 17.9 Å². The van der Waals surface area contributed by atoms with Gasteiger partial charge >= 0.3 is 29.8 Å². The molecule has 2 aliphatic rings. The maximum absolute atomic E-state index is 13.0. The van der Waals surface area contributed by atoms with E-state index in [2.05, 4.69) is 6.58 Å². The molecule has 0 spiro atoms. The number of hydrogen-bond donors (Lipinski definition) is 4. The summed E-state index contributed by atoms with van der Waals surface area (Å²) in [4.78, 5) is 62.8. The molecule has 2 bridgehead atoms. The van der Waals surface area contributed by atoms with Crippen molar-refractivity contribution in [3.05, 3.63) is 60.2 Å². The fourth-order valence-electron chi connectivity index (χ4n) is 6.57. The Morgan fingerprint density at radius 1 is 1.06 bits per heavy atom. The number of hydrogen-bond acceptors (Lipinski definition) is 10. The standard InChI is InChI=1S/C35H46O13/c1-7-20(2)17-21(3)13-14-27(37)46-26-19-33(47-29(30(38)39)34(44,31(40)41)35(26,48-33)32(42)43)16-15-22(4)28(45-24(6)36)23(5)18-25-11-9-8-10-12-25/h8-14,20-21,23,26,28-29,44H,4,7,15-19H2,1-3,5-6H3,(H,38,39)(H,40,41)(H,42,43). The Morgan fingerprint density at radius 3 is 2.25 bits per heavy atom. The summed E-state index contributed by atoms with van der Waals surface area (Å²) in [5.41, 5.74) is -5.66. The lowest BCUT2D eigenvalue weighted by Gasteiger charge is -2.49. The maximum Gasteiger partial charge on any atom is 0.343 e. The van der Waals surface area contributed by atoms with E-state index in [1.807, 2.05) is 58.0 Å². The number of esters is 2. The van der Waals surface area contributed by atoms with Crippen molar-refractivity contribution in [3.63, 3.8) is 0 Å². The summed E-state index contributed by atoms with van der Waals surface area (Å²) in [5, 5.41) is 41.9. The summed E-state index contributed by atoms with van der Waals surface area (Å²) in [6.45, 7) is 13.1. The number of allylic oxidation sites excluding steroid dienone is 1. The van der Waals surface area contributed by atoms with Gasteiger partial charge in [0.15, 0.2) is 11.9 Å². The fraction of sp³-hybridized carbons (Fsp3) is 0.571. The van der Waals surface area contributed by atoms with E-state index in [0.717, 1.165) is 24.5 Å². The van der Waals surface area contributed by atoms with Crippen molar-refractivity contribution < 1.29 is 63.3 Å². The SMILES string of the molecule is C=C(CCC12CC(OC(=O)C=CC(C)CC(C)CC)C(C(=O)O)(O1)C(O)(C(=O)O)C(C(=O)O)O2)C(OC(C)=O)C(C)Cc1ccccc1. The molecular weight excluding hydrogens is 628 g/mol. The second-order valence-corrected chi connectivity index (χ2v) is 13.0. The minimum absolute atomic E-state index is 0.0533. The average molecular weight is 675 g/mol. The molecule has 0 saturated carbocycles. The zero-order chi connectivity index (χ0) is 36.0. The van der Waals surface area contributed by atoms with Gasteiger partial charge in [0.25, 0.3) is 0 Å². The van der Waals surface area contributed by atoms with Crippen LogP contribution in [-0.4, -0.2) is 85.6 Å². The molecule has 2 aliphatic heterocycles. The largest absolute Gasteiger partial charge is 0.479 e. The molecule has 0 radical (unpaired) electrons. The number of benzene rings is 1. The second kappa shape index (κ2) is 15.4. The molecule has 2 fully saturated rings.